The molecule has 1 N–H and O–H groups in total. The fourth-order valence-electron chi connectivity index (χ4n) is 2.64. The number of hydrogen-bond acceptors (Lipinski definition) is 4. The normalized spacial score (nSPS) is 12.6. The van der Waals surface area contributed by atoms with Crippen LogP contribution in [0.1, 0.15) is 43.1 Å². The Bertz CT molecular complexity index is 878. The van der Waals surface area contributed by atoms with Gasteiger partial charge in [0.1, 0.15) is 5.75 Å². The number of benzene rings is 2. The molecule has 0 bridgehead atoms. The van der Waals surface area contributed by atoms with Crippen LogP contribution in [0.5, 0.6) is 5.75 Å². The van der Waals surface area contributed by atoms with Gasteiger partial charge in [-0.2, -0.15) is 4.31 Å². The molecule has 0 fully saturated rings. The monoisotopic (exact) mass is 404 g/mol. The Hall–Kier alpha value is -2.38. The van der Waals surface area contributed by atoms with Gasteiger partial charge in [0, 0.05) is 24.7 Å². The summed E-state index contributed by atoms with van der Waals surface area (Å²) in [6, 6.07) is 13.5. The van der Waals surface area contributed by atoms with E-state index in [1.54, 1.807) is 55.5 Å². The molecule has 6 nitrogen and oxygen atoms in total. The van der Waals surface area contributed by atoms with Gasteiger partial charge < -0.3 is 10.1 Å². The summed E-state index contributed by atoms with van der Waals surface area (Å²) in [6.45, 7) is 6.34. The zero-order chi connectivity index (χ0) is 20.7. The quantitative estimate of drug-likeness (QED) is 0.695. The van der Waals surface area contributed by atoms with Crippen molar-refractivity contribution in [3.05, 3.63) is 59.7 Å². The maximum Gasteiger partial charge on any atom is 0.251 e. The van der Waals surface area contributed by atoms with E-state index in [4.69, 9.17) is 4.74 Å². The predicted octanol–water partition coefficient (Wildman–Crippen LogP) is 3.43. The molecular formula is C21H28N2O4S. The van der Waals surface area contributed by atoms with Crippen molar-refractivity contribution in [2.75, 3.05) is 13.7 Å². The van der Waals surface area contributed by atoms with Crippen molar-refractivity contribution in [2.24, 2.45) is 0 Å². The smallest absolute Gasteiger partial charge is 0.251 e. The fourth-order valence-corrected chi connectivity index (χ4v) is 4.07. The van der Waals surface area contributed by atoms with E-state index in [2.05, 4.69) is 5.32 Å². The minimum absolute atomic E-state index is 0.109. The molecule has 0 spiro atoms. The Kier molecular flexibility index (Phi) is 7.60. The molecule has 0 saturated carbocycles. The minimum atomic E-state index is -3.62. The highest BCUT2D eigenvalue weighted by molar-refractivity contribution is 7.89. The zero-order valence-electron chi connectivity index (χ0n) is 16.8. The molecule has 0 saturated heterocycles. The second-order valence-corrected chi connectivity index (χ2v) is 8.52. The summed E-state index contributed by atoms with van der Waals surface area (Å²) in [7, 11) is -2.09. The van der Waals surface area contributed by atoms with Crippen molar-refractivity contribution in [3.8, 4) is 5.75 Å². The van der Waals surface area contributed by atoms with E-state index in [-0.39, 0.29) is 23.4 Å². The van der Waals surface area contributed by atoms with Gasteiger partial charge >= 0.3 is 0 Å². The molecule has 0 aliphatic heterocycles. The van der Waals surface area contributed by atoms with Gasteiger partial charge in [0.2, 0.25) is 10.0 Å². The van der Waals surface area contributed by atoms with E-state index in [1.165, 1.54) is 11.4 Å². The fraction of sp³-hybridized carbons (Fsp3) is 0.381. The summed E-state index contributed by atoms with van der Waals surface area (Å²) in [6.07, 6.45) is 0.860. The highest BCUT2D eigenvalue weighted by Gasteiger charge is 2.23. The number of nitrogens with one attached hydrogen (secondary N) is 1. The maximum atomic E-state index is 12.9. The SMILES string of the molecule is CC[C@@H](C)NC(=O)c1ccc(CN(CC)S(=O)(=O)c2ccc(OC)cc2)cc1. The summed E-state index contributed by atoms with van der Waals surface area (Å²) in [5.74, 6) is 0.479. The number of hydrogen-bond donors (Lipinski definition) is 1. The first-order valence-corrected chi connectivity index (χ1v) is 10.8. The lowest BCUT2D eigenvalue weighted by molar-refractivity contribution is 0.0939. The predicted molar refractivity (Wildman–Crippen MR) is 110 cm³/mol. The summed E-state index contributed by atoms with van der Waals surface area (Å²) >= 11 is 0. The number of nitrogens with zero attached hydrogens (tertiary/aromatic N) is 1. The standard InChI is InChI=1S/C21H28N2O4S/c1-5-16(3)22-21(24)18-9-7-17(8-10-18)15-23(6-2)28(25,26)20-13-11-19(27-4)12-14-20/h7-14,16H,5-6,15H2,1-4H3,(H,22,24)/t16-/m1/s1. The van der Waals surface area contributed by atoms with Gasteiger partial charge in [-0.3, -0.25) is 4.79 Å². The minimum Gasteiger partial charge on any atom is -0.497 e. The molecule has 1 amide bonds. The van der Waals surface area contributed by atoms with Crippen LogP contribution in [0.4, 0.5) is 0 Å². The molecule has 2 rings (SSSR count). The van der Waals surface area contributed by atoms with Gasteiger partial charge in [0.05, 0.1) is 12.0 Å². The first-order valence-electron chi connectivity index (χ1n) is 9.35. The second-order valence-electron chi connectivity index (χ2n) is 6.59. The lowest BCUT2D eigenvalue weighted by Gasteiger charge is -2.21. The average molecular weight is 405 g/mol. The molecule has 2 aromatic carbocycles. The number of carbonyl (C=O) groups excluding carboxylic acids is 1. The van der Waals surface area contributed by atoms with Gasteiger partial charge in [-0.15, -0.1) is 0 Å². The molecule has 2 aromatic rings. The van der Waals surface area contributed by atoms with Crippen molar-refractivity contribution in [2.45, 2.75) is 44.7 Å². The van der Waals surface area contributed by atoms with E-state index in [0.29, 0.717) is 17.9 Å². The van der Waals surface area contributed by atoms with Crippen LogP contribution in [0.3, 0.4) is 0 Å². The van der Waals surface area contributed by atoms with Gasteiger partial charge in [-0.05, 0) is 55.3 Å². The van der Waals surface area contributed by atoms with E-state index in [9.17, 15) is 13.2 Å². The van der Waals surface area contributed by atoms with E-state index >= 15 is 0 Å². The summed E-state index contributed by atoms with van der Waals surface area (Å²) in [5, 5.41) is 2.92. The lowest BCUT2D eigenvalue weighted by Crippen LogP contribution is -2.32. The molecule has 0 aliphatic carbocycles. The summed E-state index contributed by atoms with van der Waals surface area (Å²) < 4.78 is 32.3. The Morgan fingerprint density at radius 1 is 1.07 bits per heavy atom. The van der Waals surface area contributed by atoms with E-state index in [1.807, 2.05) is 13.8 Å². The third kappa shape index (κ3) is 5.33. The lowest BCUT2D eigenvalue weighted by atomic mass is 10.1. The summed E-state index contributed by atoms with van der Waals surface area (Å²) in [5.41, 5.74) is 1.38. The Morgan fingerprint density at radius 2 is 1.68 bits per heavy atom. The van der Waals surface area contributed by atoms with Crippen LogP contribution in [0.2, 0.25) is 0 Å². The highest BCUT2D eigenvalue weighted by Crippen LogP contribution is 2.21. The molecule has 28 heavy (non-hydrogen) atoms. The van der Waals surface area contributed by atoms with Gasteiger partial charge in [-0.25, -0.2) is 8.42 Å². The maximum absolute atomic E-state index is 12.9. The van der Waals surface area contributed by atoms with Crippen LogP contribution in [0.15, 0.2) is 53.4 Å². The van der Waals surface area contributed by atoms with E-state index in [0.717, 1.165) is 12.0 Å². The number of amides is 1. The number of rotatable bonds is 9. The zero-order valence-corrected chi connectivity index (χ0v) is 17.6. The van der Waals surface area contributed by atoms with Gasteiger partial charge in [-0.1, -0.05) is 26.0 Å². The van der Waals surface area contributed by atoms with Crippen LogP contribution >= 0.6 is 0 Å². The molecule has 1 atom stereocenters. The van der Waals surface area contributed by atoms with E-state index < -0.39 is 10.0 Å². The molecule has 0 heterocycles. The molecule has 0 aromatic heterocycles. The Balaban J connectivity index is 2.14. The first-order chi connectivity index (χ1) is 13.3. The summed E-state index contributed by atoms with van der Waals surface area (Å²) in [4.78, 5) is 12.4. The highest BCUT2D eigenvalue weighted by atomic mass is 32.2. The van der Waals surface area contributed by atoms with Gasteiger partial charge in [0.25, 0.3) is 5.91 Å². The molecule has 0 radical (unpaired) electrons. The Labute approximate surface area is 167 Å². The molecule has 7 heteroatoms. The largest absolute Gasteiger partial charge is 0.497 e. The molecule has 0 unspecified atom stereocenters. The second kappa shape index (κ2) is 9.71. The average Bonchev–Trinajstić information content (AvgIpc) is 2.72. The first kappa shape index (κ1) is 21.9. The van der Waals surface area contributed by atoms with Crippen molar-refractivity contribution in [1.29, 1.82) is 0 Å². The van der Waals surface area contributed by atoms with Crippen LogP contribution in [0.25, 0.3) is 0 Å². The topological polar surface area (TPSA) is 75.7 Å². The van der Waals surface area contributed by atoms with Crippen LogP contribution in [0, 0.1) is 0 Å². The number of sulfonamides is 1. The molecular weight excluding hydrogens is 376 g/mol. The third-order valence-corrected chi connectivity index (χ3v) is 6.55. The molecule has 152 valence electrons. The van der Waals surface area contributed by atoms with Crippen molar-refractivity contribution < 1.29 is 17.9 Å². The van der Waals surface area contributed by atoms with Crippen LogP contribution < -0.4 is 10.1 Å². The van der Waals surface area contributed by atoms with Crippen LogP contribution in [-0.4, -0.2) is 38.3 Å². The number of ether oxygens (including phenoxy) is 1. The van der Waals surface area contributed by atoms with Gasteiger partial charge in [0.15, 0.2) is 0 Å². The number of carbonyl (C=O) groups is 1. The number of methoxy groups -OCH3 is 1. The molecule has 0 aliphatic rings. The van der Waals surface area contributed by atoms with Crippen molar-refractivity contribution in [1.82, 2.24) is 9.62 Å². The van der Waals surface area contributed by atoms with Crippen molar-refractivity contribution >= 4 is 15.9 Å². The van der Waals surface area contributed by atoms with Crippen LogP contribution in [-0.2, 0) is 16.6 Å². The van der Waals surface area contributed by atoms with Crippen molar-refractivity contribution in [3.63, 3.8) is 0 Å². The third-order valence-electron chi connectivity index (χ3n) is 4.61. The Morgan fingerprint density at radius 3 is 2.18 bits per heavy atom.